The number of benzene rings is 2. The minimum absolute atomic E-state index is 0.00742. The molecule has 132 valence electrons. The van der Waals surface area contributed by atoms with Gasteiger partial charge >= 0.3 is 0 Å². The van der Waals surface area contributed by atoms with Crippen molar-refractivity contribution in [3.8, 4) is 16.9 Å². The standard InChI is InChI=1S/C21H18ClNO2S/c22-18-11-13-26-20(18)21(25)23-12-3-6-19(23)17-5-2-1-4-16(17)14-7-9-15(24)10-8-14/h1-2,4-5,7-11,13,19,24H,3,6,12H2/t19-/m0/s1. The monoisotopic (exact) mass is 383 g/mol. The highest BCUT2D eigenvalue weighted by molar-refractivity contribution is 7.12. The molecule has 0 radical (unpaired) electrons. The number of phenolic OH excluding ortho intramolecular Hbond substituents is 1. The van der Waals surface area contributed by atoms with E-state index in [4.69, 9.17) is 11.6 Å². The first kappa shape index (κ1) is 17.1. The quantitative estimate of drug-likeness (QED) is 0.625. The van der Waals surface area contributed by atoms with Crippen molar-refractivity contribution in [2.75, 3.05) is 6.54 Å². The van der Waals surface area contributed by atoms with Crippen molar-refractivity contribution in [2.24, 2.45) is 0 Å². The average molecular weight is 384 g/mol. The molecule has 1 atom stereocenters. The van der Waals surface area contributed by atoms with Crippen LogP contribution in [0.5, 0.6) is 5.75 Å². The Balaban J connectivity index is 1.72. The molecule has 3 nitrogen and oxygen atoms in total. The van der Waals surface area contributed by atoms with Crippen LogP contribution in [0.4, 0.5) is 0 Å². The molecule has 2 heterocycles. The zero-order chi connectivity index (χ0) is 18.1. The van der Waals surface area contributed by atoms with Crippen LogP contribution in [-0.4, -0.2) is 22.5 Å². The van der Waals surface area contributed by atoms with Gasteiger partial charge in [0.1, 0.15) is 10.6 Å². The number of halogens is 1. The lowest BCUT2D eigenvalue weighted by Gasteiger charge is -2.27. The van der Waals surface area contributed by atoms with Crippen LogP contribution in [0.2, 0.25) is 5.02 Å². The Labute approximate surface area is 161 Å². The molecule has 0 aliphatic carbocycles. The van der Waals surface area contributed by atoms with Gasteiger partial charge < -0.3 is 10.0 Å². The minimum atomic E-state index is 0.00742. The minimum Gasteiger partial charge on any atom is -0.508 e. The third kappa shape index (κ3) is 3.11. The summed E-state index contributed by atoms with van der Waals surface area (Å²) in [7, 11) is 0. The van der Waals surface area contributed by atoms with Crippen LogP contribution in [0.15, 0.2) is 60.0 Å². The second kappa shape index (κ2) is 7.14. The lowest BCUT2D eigenvalue weighted by atomic mass is 9.93. The molecule has 3 aromatic rings. The molecule has 1 aromatic heterocycles. The molecule has 0 spiro atoms. The van der Waals surface area contributed by atoms with Crippen molar-refractivity contribution in [1.29, 1.82) is 0 Å². The van der Waals surface area contributed by atoms with Crippen molar-refractivity contribution >= 4 is 28.8 Å². The number of aromatic hydroxyl groups is 1. The molecule has 26 heavy (non-hydrogen) atoms. The molecule has 0 bridgehead atoms. The van der Waals surface area contributed by atoms with E-state index in [1.165, 1.54) is 11.3 Å². The number of amides is 1. The smallest absolute Gasteiger partial charge is 0.265 e. The van der Waals surface area contributed by atoms with Crippen molar-refractivity contribution in [2.45, 2.75) is 18.9 Å². The van der Waals surface area contributed by atoms with Gasteiger partial charge in [-0.3, -0.25) is 4.79 Å². The summed E-state index contributed by atoms with van der Waals surface area (Å²) in [5.41, 5.74) is 3.26. The number of hydrogen-bond donors (Lipinski definition) is 1. The van der Waals surface area contributed by atoms with Gasteiger partial charge in [-0.2, -0.15) is 0 Å². The zero-order valence-corrected chi connectivity index (χ0v) is 15.6. The maximum absolute atomic E-state index is 13.0. The maximum Gasteiger partial charge on any atom is 0.265 e. The van der Waals surface area contributed by atoms with Crippen LogP contribution in [0, 0.1) is 0 Å². The van der Waals surface area contributed by atoms with Crippen LogP contribution in [0.25, 0.3) is 11.1 Å². The summed E-state index contributed by atoms with van der Waals surface area (Å²) in [6, 6.07) is 17.2. The Kier molecular flexibility index (Phi) is 4.70. The van der Waals surface area contributed by atoms with Crippen LogP contribution >= 0.6 is 22.9 Å². The van der Waals surface area contributed by atoms with E-state index in [2.05, 4.69) is 12.1 Å². The van der Waals surface area contributed by atoms with Crippen LogP contribution in [0.3, 0.4) is 0 Å². The summed E-state index contributed by atoms with van der Waals surface area (Å²) in [4.78, 5) is 15.6. The fourth-order valence-corrected chi connectivity index (χ4v) is 4.69. The van der Waals surface area contributed by atoms with Crippen LogP contribution < -0.4 is 0 Å². The lowest BCUT2D eigenvalue weighted by Crippen LogP contribution is -2.30. The molecular weight excluding hydrogens is 366 g/mol. The normalized spacial score (nSPS) is 16.8. The van der Waals surface area contributed by atoms with Crippen molar-refractivity contribution in [3.63, 3.8) is 0 Å². The largest absolute Gasteiger partial charge is 0.508 e. The molecule has 1 aliphatic rings. The van der Waals surface area contributed by atoms with Crippen molar-refractivity contribution in [3.05, 3.63) is 75.4 Å². The van der Waals surface area contributed by atoms with Gasteiger partial charge in [-0.15, -0.1) is 11.3 Å². The zero-order valence-electron chi connectivity index (χ0n) is 14.1. The molecular formula is C21H18ClNO2S. The Morgan fingerprint density at radius 1 is 1.12 bits per heavy atom. The summed E-state index contributed by atoms with van der Waals surface area (Å²) < 4.78 is 0. The van der Waals surface area contributed by atoms with E-state index in [1.807, 2.05) is 34.5 Å². The summed E-state index contributed by atoms with van der Waals surface area (Å²) in [5, 5.41) is 11.9. The molecule has 1 saturated heterocycles. The van der Waals surface area contributed by atoms with E-state index in [0.717, 1.165) is 36.1 Å². The van der Waals surface area contributed by atoms with E-state index >= 15 is 0 Å². The Morgan fingerprint density at radius 3 is 2.62 bits per heavy atom. The molecule has 2 aromatic carbocycles. The van der Waals surface area contributed by atoms with E-state index in [-0.39, 0.29) is 17.7 Å². The van der Waals surface area contributed by atoms with E-state index in [9.17, 15) is 9.90 Å². The molecule has 1 aliphatic heterocycles. The van der Waals surface area contributed by atoms with Gasteiger partial charge in [0.05, 0.1) is 11.1 Å². The number of likely N-dealkylation sites (tertiary alicyclic amines) is 1. The Morgan fingerprint density at radius 2 is 1.88 bits per heavy atom. The Bertz CT molecular complexity index is 935. The predicted octanol–water partition coefficient (Wildman–Crippen LogP) is 5.75. The molecule has 5 heteroatoms. The van der Waals surface area contributed by atoms with Crippen LogP contribution in [-0.2, 0) is 0 Å². The van der Waals surface area contributed by atoms with Crippen molar-refractivity contribution in [1.82, 2.24) is 4.90 Å². The molecule has 0 saturated carbocycles. The van der Waals surface area contributed by atoms with Gasteiger partial charge in [0, 0.05) is 6.54 Å². The third-order valence-corrected chi connectivity index (χ3v) is 6.15. The van der Waals surface area contributed by atoms with Gasteiger partial charge in [-0.05, 0) is 53.1 Å². The Hall–Kier alpha value is -2.30. The number of hydrogen-bond acceptors (Lipinski definition) is 3. The topological polar surface area (TPSA) is 40.5 Å². The van der Waals surface area contributed by atoms with E-state index < -0.39 is 0 Å². The summed E-state index contributed by atoms with van der Waals surface area (Å²) >= 11 is 7.58. The fourth-order valence-electron chi connectivity index (χ4n) is 3.60. The number of nitrogens with zero attached hydrogens (tertiary/aromatic N) is 1. The summed E-state index contributed by atoms with van der Waals surface area (Å²) in [5.74, 6) is 0.254. The first-order valence-corrected chi connectivity index (χ1v) is 9.83. The van der Waals surface area contributed by atoms with Crippen LogP contribution in [0.1, 0.15) is 34.1 Å². The van der Waals surface area contributed by atoms with Gasteiger partial charge in [-0.25, -0.2) is 0 Å². The van der Waals surface area contributed by atoms with E-state index in [0.29, 0.717) is 9.90 Å². The number of carbonyl (C=O) groups excluding carboxylic acids is 1. The summed E-state index contributed by atoms with van der Waals surface area (Å²) in [6.07, 6.45) is 1.91. The highest BCUT2D eigenvalue weighted by Gasteiger charge is 2.33. The fraction of sp³-hybridized carbons (Fsp3) is 0.190. The van der Waals surface area contributed by atoms with Gasteiger partial charge in [-0.1, -0.05) is 48.0 Å². The first-order valence-electron chi connectivity index (χ1n) is 8.57. The predicted molar refractivity (Wildman–Crippen MR) is 106 cm³/mol. The molecule has 1 fully saturated rings. The number of carbonyl (C=O) groups is 1. The van der Waals surface area contributed by atoms with E-state index in [1.54, 1.807) is 18.2 Å². The second-order valence-electron chi connectivity index (χ2n) is 6.39. The SMILES string of the molecule is O=C(c1sccc1Cl)N1CCC[C@H]1c1ccccc1-c1ccc(O)cc1. The molecule has 4 rings (SSSR count). The molecule has 1 N–H and O–H groups in total. The molecule has 1 amide bonds. The number of phenols is 1. The average Bonchev–Trinajstić information content (AvgIpc) is 3.31. The third-order valence-electron chi connectivity index (χ3n) is 4.82. The summed E-state index contributed by atoms with van der Waals surface area (Å²) in [6.45, 7) is 0.738. The highest BCUT2D eigenvalue weighted by atomic mass is 35.5. The molecule has 0 unspecified atom stereocenters. The first-order chi connectivity index (χ1) is 12.6. The van der Waals surface area contributed by atoms with Gasteiger partial charge in [0.2, 0.25) is 0 Å². The highest BCUT2D eigenvalue weighted by Crippen LogP contribution is 2.39. The number of rotatable bonds is 3. The van der Waals surface area contributed by atoms with Gasteiger partial charge in [0.15, 0.2) is 0 Å². The lowest BCUT2D eigenvalue weighted by molar-refractivity contribution is 0.0741. The number of thiophene rings is 1. The van der Waals surface area contributed by atoms with Gasteiger partial charge in [0.25, 0.3) is 5.91 Å². The second-order valence-corrected chi connectivity index (χ2v) is 7.71. The van der Waals surface area contributed by atoms with Crippen molar-refractivity contribution < 1.29 is 9.90 Å². The maximum atomic E-state index is 13.0.